The van der Waals surface area contributed by atoms with Crippen LogP contribution in [0.15, 0.2) is 11.4 Å². The average molecular weight is 347 g/mol. The smallest absolute Gasteiger partial charge is 0.325 e. The maximum atomic E-state index is 13.0. The van der Waals surface area contributed by atoms with E-state index in [2.05, 4.69) is 5.32 Å². The summed E-state index contributed by atoms with van der Waals surface area (Å²) < 4.78 is 0. The highest BCUT2D eigenvalue weighted by Crippen LogP contribution is 2.42. The van der Waals surface area contributed by atoms with Crippen LogP contribution in [0.3, 0.4) is 0 Å². The lowest BCUT2D eigenvalue weighted by atomic mass is 9.80. The standard InChI is InChI=1S/C17H21N3O3S/c21-14(19-8-2-1-3-9-19)11-20-15(22)17(18-16(20)23)7-4-5-13-12(17)6-10-24-13/h6,10H,1-5,7-9,11H2,(H,18,23)/t17-/m1/s1. The van der Waals surface area contributed by atoms with Gasteiger partial charge in [0.05, 0.1) is 0 Å². The van der Waals surface area contributed by atoms with Crippen molar-refractivity contribution >= 4 is 29.2 Å². The SMILES string of the molecule is O=C(CN1C(=O)N[C@@]2(CCCc3sccc32)C1=O)N1CCCCC1. The van der Waals surface area contributed by atoms with Crippen molar-refractivity contribution in [3.8, 4) is 0 Å². The van der Waals surface area contributed by atoms with Gasteiger partial charge in [0.2, 0.25) is 5.91 Å². The number of likely N-dealkylation sites (tertiary alicyclic amines) is 1. The van der Waals surface area contributed by atoms with Gasteiger partial charge in [0.1, 0.15) is 12.1 Å². The predicted octanol–water partition coefficient (Wildman–Crippen LogP) is 1.84. The van der Waals surface area contributed by atoms with E-state index in [0.717, 1.165) is 55.7 Å². The molecule has 4 amide bonds. The summed E-state index contributed by atoms with van der Waals surface area (Å²) in [4.78, 5) is 42.0. The van der Waals surface area contributed by atoms with Gasteiger partial charge in [-0.1, -0.05) is 0 Å². The van der Waals surface area contributed by atoms with Gasteiger partial charge in [0.15, 0.2) is 0 Å². The number of piperidine rings is 1. The monoisotopic (exact) mass is 347 g/mol. The van der Waals surface area contributed by atoms with Crippen molar-refractivity contribution < 1.29 is 14.4 Å². The highest BCUT2D eigenvalue weighted by molar-refractivity contribution is 7.10. The van der Waals surface area contributed by atoms with Gasteiger partial charge in [-0.25, -0.2) is 4.79 Å². The maximum absolute atomic E-state index is 13.0. The topological polar surface area (TPSA) is 69.7 Å². The van der Waals surface area contributed by atoms with Crippen LogP contribution in [-0.4, -0.2) is 47.3 Å². The van der Waals surface area contributed by atoms with Crippen molar-refractivity contribution in [3.05, 3.63) is 21.9 Å². The number of urea groups is 1. The zero-order chi connectivity index (χ0) is 16.7. The fraction of sp³-hybridized carbons (Fsp3) is 0.588. The highest BCUT2D eigenvalue weighted by atomic mass is 32.1. The van der Waals surface area contributed by atoms with Crippen LogP contribution in [0, 0.1) is 0 Å². The zero-order valence-electron chi connectivity index (χ0n) is 13.5. The van der Waals surface area contributed by atoms with E-state index in [9.17, 15) is 14.4 Å². The summed E-state index contributed by atoms with van der Waals surface area (Å²) in [5, 5.41) is 4.86. The van der Waals surface area contributed by atoms with E-state index >= 15 is 0 Å². The number of nitrogens with one attached hydrogen (secondary N) is 1. The van der Waals surface area contributed by atoms with Gasteiger partial charge in [0.25, 0.3) is 5.91 Å². The minimum absolute atomic E-state index is 0.128. The summed E-state index contributed by atoms with van der Waals surface area (Å²) in [7, 11) is 0. The molecule has 0 unspecified atom stereocenters. The fourth-order valence-corrected chi connectivity index (χ4v) is 5.06. The van der Waals surface area contributed by atoms with Crippen LogP contribution in [0.25, 0.3) is 0 Å². The first-order valence-electron chi connectivity index (χ1n) is 8.60. The molecule has 1 aliphatic carbocycles. The lowest BCUT2D eigenvalue weighted by Gasteiger charge is -2.31. The molecule has 1 N–H and O–H groups in total. The molecule has 4 rings (SSSR count). The van der Waals surface area contributed by atoms with E-state index in [4.69, 9.17) is 0 Å². The number of imide groups is 1. The Morgan fingerprint density at radius 2 is 2.00 bits per heavy atom. The first-order chi connectivity index (χ1) is 11.6. The second-order valence-electron chi connectivity index (χ2n) is 6.78. The van der Waals surface area contributed by atoms with Crippen LogP contribution < -0.4 is 5.32 Å². The molecular formula is C17H21N3O3S. The molecule has 24 heavy (non-hydrogen) atoms. The van der Waals surface area contributed by atoms with Crippen molar-refractivity contribution in [2.45, 2.75) is 44.1 Å². The zero-order valence-corrected chi connectivity index (χ0v) is 14.4. The molecule has 1 spiro atoms. The Morgan fingerprint density at radius 1 is 1.21 bits per heavy atom. The van der Waals surface area contributed by atoms with Gasteiger partial charge in [0, 0.05) is 23.5 Å². The van der Waals surface area contributed by atoms with Crippen molar-refractivity contribution in [2.24, 2.45) is 0 Å². The molecule has 3 aliphatic rings. The number of rotatable bonds is 2. The summed E-state index contributed by atoms with van der Waals surface area (Å²) >= 11 is 1.63. The van der Waals surface area contributed by atoms with E-state index in [1.54, 1.807) is 16.2 Å². The number of aryl methyl sites for hydroxylation is 1. The predicted molar refractivity (Wildman–Crippen MR) is 89.6 cm³/mol. The highest BCUT2D eigenvalue weighted by Gasteiger charge is 2.54. The minimum Gasteiger partial charge on any atom is -0.341 e. The average Bonchev–Trinajstić information content (AvgIpc) is 3.16. The molecule has 1 atom stereocenters. The van der Waals surface area contributed by atoms with Crippen LogP contribution >= 0.6 is 11.3 Å². The van der Waals surface area contributed by atoms with Gasteiger partial charge in [-0.05, 0) is 50.0 Å². The van der Waals surface area contributed by atoms with E-state index in [-0.39, 0.29) is 18.4 Å². The molecule has 2 saturated heterocycles. The second-order valence-corrected chi connectivity index (χ2v) is 7.78. The third-order valence-electron chi connectivity index (χ3n) is 5.34. The van der Waals surface area contributed by atoms with Crippen molar-refractivity contribution in [3.63, 3.8) is 0 Å². The Labute approximate surface area is 144 Å². The molecular weight excluding hydrogens is 326 g/mol. The molecule has 128 valence electrons. The normalized spacial score (nSPS) is 26.7. The van der Waals surface area contributed by atoms with Crippen LogP contribution in [-0.2, 0) is 21.5 Å². The molecule has 1 aromatic heterocycles. The summed E-state index contributed by atoms with van der Waals surface area (Å²) in [5.41, 5.74) is -0.0302. The van der Waals surface area contributed by atoms with Crippen LogP contribution in [0.1, 0.15) is 42.5 Å². The summed E-state index contributed by atoms with van der Waals surface area (Å²) in [6, 6.07) is 1.50. The van der Waals surface area contributed by atoms with E-state index < -0.39 is 11.6 Å². The molecule has 0 saturated carbocycles. The van der Waals surface area contributed by atoms with E-state index in [1.807, 2.05) is 11.4 Å². The van der Waals surface area contributed by atoms with Gasteiger partial charge in [-0.2, -0.15) is 0 Å². The van der Waals surface area contributed by atoms with E-state index in [0.29, 0.717) is 6.42 Å². The molecule has 2 fully saturated rings. The molecule has 3 heterocycles. The Balaban J connectivity index is 1.56. The van der Waals surface area contributed by atoms with Gasteiger partial charge >= 0.3 is 6.03 Å². The third-order valence-corrected chi connectivity index (χ3v) is 6.32. The first kappa shape index (κ1) is 15.6. The van der Waals surface area contributed by atoms with Crippen LogP contribution in [0.4, 0.5) is 4.79 Å². The van der Waals surface area contributed by atoms with Gasteiger partial charge in [-0.3, -0.25) is 14.5 Å². The van der Waals surface area contributed by atoms with Crippen LogP contribution in [0.2, 0.25) is 0 Å². The van der Waals surface area contributed by atoms with Crippen molar-refractivity contribution in [2.75, 3.05) is 19.6 Å². The Bertz CT molecular complexity index is 695. The molecule has 7 heteroatoms. The molecule has 1 aromatic rings. The number of thiophene rings is 1. The number of amides is 4. The Hall–Kier alpha value is -1.89. The number of hydrogen-bond donors (Lipinski definition) is 1. The molecule has 0 aromatic carbocycles. The number of carbonyl (C=O) groups excluding carboxylic acids is 3. The summed E-state index contributed by atoms with van der Waals surface area (Å²) in [5.74, 6) is -0.395. The largest absolute Gasteiger partial charge is 0.341 e. The summed E-state index contributed by atoms with van der Waals surface area (Å²) in [6.45, 7) is 1.30. The van der Waals surface area contributed by atoms with Crippen LogP contribution in [0.5, 0.6) is 0 Å². The quantitative estimate of drug-likeness (QED) is 0.830. The molecule has 2 aliphatic heterocycles. The molecule has 0 radical (unpaired) electrons. The number of carbonyl (C=O) groups is 3. The third kappa shape index (κ3) is 2.33. The van der Waals surface area contributed by atoms with Gasteiger partial charge in [-0.15, -0.1) is 11.3 Å². The van der Waals surface area contributed by atoms with Gasteiger partial charge < -0.3 is 10.2 Å². The number of nitrogens with zero attached hydrogens (tertiary/aromatic N) is 2. The van der Waals surface area contributed by atoms with E-state index in [1.165, 1.54) is 4.88 Å². The van der Waals surface area contributed by atoms with Crippen molar-refractivity contribution in [1.82, 2.24) is 15.1 Å². The molecule has 0 bridgehead atoms. The Kier molecular flexibility index (Phi) is 3.83. The number of hydrogen-bond acceptors (Lipinski definition) is 4. The van der Waals surface area contributed by atoms with Crippen molar-refractivity contribution in [1.29, 1.82) is 0 Å². The molecule has 6 nitrogen and oxygen atoms in total. The fourth-order valence-electron chi connectivity index (χ4n) is 4.06. The lowest BCUT2D eigenvalue weighted by Crippen LogP contribution is -2.47. The lowest BCUT2D eigenvalue weighted by molar-refractivity contribution is -0.139. The second kappa shape index (κ2) is 5.88. The minimum atomic E-state index is -0.952. The Morgan fingerprint density at radius 3 is 2.79 bits per heavy atom. The summed E-state index contributed by atoms with van der Waals surface area (Å²) in [6.07, 6.45) is 5.55. The number of fused-ring (bicyclic) bond motifs is 2. The maximum Gasteiger partial charge on any atom is 0.325 e. The first-order valence-corrected chi connectivity index (χ1v) is 9.48.